The van der Waals surface area contributed by atoms with Gasteiger partial charge in [0.25, 0.3) is 0 Å². The van der Waals surface area contributed by atoms with Gasteiger partial charge in [0.05, 0.1) is 18.1 Å². The highest BCUT2D eigenvalue weighted by Crippen LogP contribution is 2.30. The second kappa shape index (κ2) is 7.37. The predicted octanol–water partition coefficient (Wildman–Crippen LogP) is 5.50. The molecule has 0 fully saturated rings. The van der Waals surface area contributed by atoms with Crippen LogP contribution in [0.25, 0.3) is 33.0 Å². The highest BCUT2D eigenvalue weighted by atomic mass is 32.1. The van der Waals surface area contributed by atoms with E-state index >= 15 is 0 Å². The van der Waals surface area contributed by atoms with Gasteiger partial charge in [0, 0.05) is 16.8 Å². The molecule has 142 valence electrons. The van der Waals surface area contributed by atoms with E-state index in [0.29, 0.717) is 0 Å². The lowest BCUT2D eigenvalue weighted by Gasteiger charge is -2.03. The zero-order valence-corrected chi connectivity index (χ0v) is 16.4. The van der Waals surface area contributed by atoms with E-state index in [4.69, 9.17) is 4.74 Å². The molecule has 0 atom stereocenters. The zero-order valence-electron chi connectivity index (χ0n) is 15.6. The number of anilines is 2. The van der Waals surface area contributed by atoms with Crippen LogP contribution < -0.4 is 10.1 Å². The molecule has 29 heavy (non-hydrogen) atoms. The molecule has 2 N–H and O–H groups in total. The number of rotatable bonds is 5. The van der Waals surface area contributed by atoms with Gasteiger partial charge in [-0.3, -0.25) is 0 Å². The number of hydrogen-bond donors (Lipinski definition) is 2. The molecule has 0 unspecified atom stereocenters. The number of hydrogen-bond acceptors (Lipinski definition) is 6. The maximum absolute atomic E-state index is 5.18. The standard InChI is InChI=1S/C22H17N5OS/c1-28-17-12-10-16(11-13-17)23-22-27-26-21(29-22)15-8-6-14(7-9-15)20-24-18-4-2-3-5-19(18)25-20/h2-13H,1H3,(H,23,27)(H,24,25). The first kappa shape index (κ1) is 17.4. The van der Waals surface area contributed by atoms with E-state index in [1.54, 1.807) is 7.11 Å². The van der Waals surface area contributed by atoms with Crippen LogP contribution >= 0.6 is 11.3 Å². The summed E-state index contributed by atoms with van der Waals surface area (Å²) in [4.78, 5) is 8.00. The van der Waals surface area contributed by atoms with Crippen molar-refractivity contribution < 1.29 is 4.74 Å². The van der Waals surface area contributed by atoms with E-state index in [1.807, 2.05) is 72.8 Å². The zero-order chi connectivity index (χ0) is 19.6. The summed E-state index contributed by atoms with van der Waals surface area (Å²) >= 11 is 1.51. The van der Waals surface area contributed by atoms with Gasteiger partial charge in [-0.25, -0.2) is 4.98 Å². The van der Waals surface area contributed by atoms with Gasteiger partial charge in [-0.2, -0.15) is 0 Å². The van der Waals surface area contributed by atoms with Gasteiger partial charge in [-0.1, -0.05) is 47.7 Å². The number of aromatic amines is 1. The summed E-state index contributed by atoms with van der Waals surface area (Å²) in [6, 6.07) is 23.9. The molecule has 0 spiro atoms. The van der Waals surface area contributed by atoms with Crippen molar-refractivity contribution in [3.8, 4) is 27.7 Å². The molecule has 2 heterocycles. The molecule has 5 rings (SSSR count). The van der Waals surface area contributed by atoms with Gasteiger partial charge in [0.15, 0.2) is 0 Å². The molecule has 0 aliphatic heterocycles. The molecule has 6 nitrogen and oxygen atoms in total. The fourth-order valence-corrected chi connectivity index (χ4v) is 3.82. The number of benzene rings is 3. The van der Waals surface area contributed by atoms with Crippen LogP contribution in [0, 0.1) is 0 Å². The van der Waals surface area contributed by atoms with E-state index < -0.39 is 0 Å². The molecule has 0 bridgehead atoms. The minimum Gasteiger partial charge on any atom is -0.497 e. The second-order valence-corrected chi connectivity index (χ2v) is 7.42. The van der Waals surface area contributed by atoms with Gasteiger partial charge in [-0.05, 0) is 36.4 Å². The van der Waals surface area contributed by atoms with Crippen molar-refractivity contribution in [2.45, 2.75) is 0 Å². The largest absolute Gasteiger partial charge is 0.497 e. The SMILES string of the molecule is COc1ccc(Nc2nnc(-c3ccc(-c4nc5ccccc5[nH]4)cc3)s2)cc1. The smallest absolute Gasteiger partial charge is 0.210 e. The minimum atomic E-state index is 0.742. The highest BCUT2D eigenvalue weighted by molar-refractivity contribution is 7.18. The number of ether oxygens (including phenoxy) is 1. The Hall–Kier alpha value is -3.71. The molecular formula is C22H17N5OS. The molecular weight excluding hydrogens is 382 g/mol. The van der Waals surface area contributed by atoms with Gasteiger partial charge in [0.1, 0.15) is 16.6 Å². The van der Waals surface area contributed by atoms with E-state index in [1.165, 1.54) is 11.3 Å². The monoisotopic (exact) mass is 399 g/mol. The second-order valence-electron chi connectivity index (χ2n) is 6.45. The maximum atomic E-state index is 5.18. The normalized spacial score (nSPS) is 10.9. The Balaban J connectivity index is 1.34. The van der Waals surface area contributed by atoms with Crippen molar-refractivity contribution in [1.29, 1.82) is 0 Å². The van der Waals surface area contributed by atoms with Crippen LogP contribution in [0.2, 0.25) is 0 Å². The topological polar surface area (TPSA) is 75.7 Å². The number of aromatic nitrogens is 4. The maximum Gasteiger partial charge on any atom is 0.210 e. The Morgan fingerprint density at radius 1 is 0.862 bits per heavy atom. The van der Waals surface area contributed by atoms with Gasteiger partial charge >= 0.3 is 0 Å². The lowest BCUT2D eigenvalue weighted by atomic mass is 10.1. The lowest BCUT2D eigenvalue weighted by Crippen LogP contribution is -1.89. The number of fused-ring (bicyclic) bond motifs is 1. The Kier molecular flexibility index (Phi) is 4.42. The van der Waals surface area contributed by atoms with E-state index in [0.717, 1.165) is 49.6 Å². The van der Waals surface area contributed by atoms with Crippen molar-refractivity contribution in [2.24, 2.45) is 0 Å². The van der Waals surface area contributed by atoms with E-state index in [2.05, 4.69) is 25.5 Å². The third-order valence-corrected chi connectivity index (χ3v) is 5.45. The molecule has 3 aromatic carbocycles. The molecule has 2 aromatic heterocycles. The number of imidazole rings is 1. The molecule has 0 aliphatic carbocycles. The highest BCUT2D eigenvalue weighted by Gasteiger charge is 2.09. The predicted molar refractivity (Wildman–Crippen MR) is 117 cm³/mol. The van der Waals surface area contributed by atoms with Crippen molar-refractivity contribution in [3.05, 3.63) is 72.8 Å². The minimum absolute atomic E-state index is 0.742. The van der Waals surface area contributed by atoms with Crippen LogP contribution in [0.5, 0.6) is 5.75 Å². The van der Waals surface area contributed by atoms with Crippen LogP contribution in [0.3, 0.4) is 0 Å². The fourth-order valence-electron chi connectivity index (χ4n) is 3.05. The Morgan fingerprint density at radius 3 is 2.38 bits per heavy atom. The summed E-state index contributed by atoms with van der Waals surface area (Å²) in [6.07, 6.45) is 0. The summed E-state index contributed by atoms with van der Waals surface area (Å²) < 4.78 is 5.18. The quantitative estimate of drug-likeness (QED) is 0.408. The molecule has 0 radical (unpaired) electrons. The molecule has 0 saturated carbocycles. The van der Waals surface area contributed by atoms with E-state index in [-0.39, 0.29) is 0 Å². The summed E-state index contributed by atoms with van der Waals surface area (Å²) in [7, 11) is 1.65. The Morgan fingerprint density at radius 2 is 1.62 bits per heavy atom. The van der Waals surface area contributed by atoms with Crippen molar-refractivity contribution in [2.75, 3.05) is 12.4 Å². The molecule has 7 heteroatoms. The van der Waals surface area contributed by atoms with Crippen LogP contribution in [0.4, 0.5) is 10.8 Å². The summed E-state index contributed by atoms with van der Waals surface area (Å²) in [6.45, 7) is 0. The summed E-state index contributed by atoms with van der Waals surface area (Å²) in [5, 5.41) is 13.4. The number of nitrogens with one attached hydrogen (secondary N) is 2. The number of H-pyrrole nitrogens is 1. The summed E-state index contributed by atoms with van der Waals surface area (Å²) in [5.74, 6) is 1.68. The third kappa shape index (κ3) is 3.55. The average Bonchev–Trinajstić information content (AvgIpc) is 3.41. The number of methoxy groups -OCH3 is 1. The van der Waals surface area contributed by atoms with Crippen LogP contribution in [0.1, 0.15) is 0 Å². The molecule has 5 aromatic rings. The average molecular weight is 399 g/mol. The first-order valence-corrected chi connectivity index (χ1v) is 9.90. The van der Waals surface area contributed by atoms with Crippen LogP contribution in [-0.2, 0) is 0 Å². The molecule has 0 aliphatic rings. The van der Waals surface area contributed by atoms with Crippen LogP contribution in [0.15, 0.2) is 72.8 Å². The Bertz CT molecular complexity index is 1230. The first-order valence-electron chi connectivity index (χ1n) is 9.09. The number of para-hydroxylation sites is 2. The molecule has 0 saturated heterocycles. The van der Waals surface area contributed by atoms with Crippen molar-refractivity contribution in [3.63, 3.8) is 0 Å². The molecule has 0 amide bonds. The van der Waals surface area contributed by atoms with Gasteiger partial charge in [-0.15, -0.1) is 10.2 Å². The Labute approximate surface area is 171 Å². The van der Waals surface area contributed by atoms with Crippen molar-refractivity contribution in [1.82, 2.24) is 20.2 Å². The van der Waals surface area contributed by atoms with Gasteiger partial charge < -0.3 is 15.0 Å². The van der Waals surface area contributed by atoms with Gasteiger partial charge in [0.2, 0.25) is 5.13 Å². The fraction of sp³-hybridized carbons (Fsp3) is 0.0455. The lowest BCUT2D eigenvalue weighted by molar-refractivity contribution is 0.415. The van der Waals surface area contributed by atoms with E-state index in [9.17, 15) is 0 Å². The number of nitrogens with zero attached hydrogens (tertiary/aromatic N) is 3. The van der Waals surface area contributed by atoms with Crippen molar-refractivity contribution >= 4 is 33.2 Å². The third-order valence-electron chi connectivity index (χ3n) is 4.56. The van der Waals surface area contributed by atoms with Crippen LogP contribution in [-0.4, -0.2) is 27.3 Å². The first-order chi connectivity index (χ1) is 14.3. The summed E-state index contributed by atoms with van der Waals surface area (Å²) in [5.41, 5.74) is 4.99.